The Morgan fingerprint density at radius 2 is 1.77 bits per heavy atom. The summed E-state index contributed by atoms with van der Waals surface area (Å²) in [5.74, 6) is 0.374. The van der Waals surface area contributed by atoms with Gasteiger partial charge in [-0.2, -0.15) is 0 Å². The highest BCUT2D eigenvalue weighted by Gasteiger charge is 2.27. The van der Waals surface area contributed by atoms with Crippen LogP contribution in [0.4, 0.5) is 0 Å². The Hall–Kier alpha value is -1.39. The number of amides is 1. The van der Waals surface area contributed by atoms with E-state index in [1.54, 1.807) is 4.90 Å². The number of likely N-dealkylation sites (tertiary alicyclic amines) is 1. The SMILES string of the molecule is Cc1cc(C)cc(C(O)CN2CCC(C(=O)N(C)C)CC2)c1. The number of aryl methyl sites for hydroxylation is 2. The normalized spacial score (nSPS) is 18.2. The molecule has 0 radical (unpaired) electrons. The first-order valence-electron chi connectivity index (χ1n) is 8.06. The average molecular weight is 304 g/mol. The molecule has 22 heavy (non-hydrogen) atoms. The summed E-state index contributed by atoms with van der Waals surface area (Å²) in [6.07, 6.45) is 1.31. The molecule has 1 amide bonds. The Bertz CT molecular complexity index is 500. The Kier molecular flexibility index (Phi) is 5.59. The number of hydrogen-bond donors (Lipinski definition) is 1. The fraction of sp³-hybridized carbons (Fsp3) is 0.611. The number of piperidine rings is 1. The Balaban J connectivity index is 1.89. The van der Waals surface area contributed by atoms with E-state index in [2.05, 4.69) is 36.9 Å². The topological polar surface area (TPSA) is 43.8 Å². The molecule has 1 aromatic carbocycles. The van der Waals surface area contributed by atoms with Gasteiger partial charge in [-0.15, -0.1) is 0 Å². The molecule has 122 valence electrons. The number of carbonyl (C=O) groups is 1. The highest BCUT2D eigenvalue weighted by atomic mass is 16.3. The van der Waals surface area contributed by atoms with Crippen molar-refractivity contribution >= 4 is 5.91 Å². The zero-order valence-electron chi connectivity index (χ0n) is 14.2. The maximum Gasteiger partial charge on any atom is 0.225 e. The van der Waals surface area contributed by atoms with Gasteiger partial charge in [-0.1, -0.05) is 29.3 Å². The fourth-order valence-corrected chi connectivity index (χ4v) is 3.28. The highest BCUT2D eigenvalue weighted by Crippen LogP contribution is 2.23. The Labute approximate surface area is 133 Å². The van der Waals surface area contributed by atoms with Crippen LogP contribution in [0.3, 0.4) is 0 Å². The molecule has 0 bridgehead atoms. The predicted molar refractivity (Wildman–Crippen MR) is 88.7 cm³/mol. The molecule has 1 aromatic rings. The quantitative estimate of drug-likeness (QED) is 0.927. The maximum atomic E-state index is 12.0. The summed E-state index contributed by atoms with van der Waals surface area (Å²) in [5, 5.41) is 10.5. The van der Waals surface area contributed by atoms with E-state index in [-0.39, 0.29) is 11.8 Å². The van der Waals surface area contributed by atoms with Crippen molar-refractivity contribution in [2.75, 3.05) is 33.7 Å². The molecule has 2 rings (SSSR count). The predicted octanol–water partition coefficient (Wildman–Crippen LogP) is 2.14. The summed E-state index contributed by atoms with van der Waals surface area (Å²) in [7, 11) is 3.64. The maximum absolute atomic E-state index is 12.0. The number of hydrogen-bond acceptors (Lipinski definition) is 3. The highest BCUT2D eigenvalue weighted by molar-refractivity contribution is 5.78. The monoisotopic (exact) mass is 304 g/mol. The first-order chi connectivity index (χ1) is 10.4. The van der Waals surface area contributed by atoms with E-state index in [1.807, 2.05) is 14.1 Å². The van der Waals surface area contributed by atoms with Crippen LogP contribution in [-0.2, 0) is 4.79 Å². The summed E-state index contributed by atoms with van der Waals surface area (Å²) >= 11 is 0. The van der Waals surface area contributed by atoms with Gasteiger partial charge in [-0.05, 0) is 45.3 Å². The van der Waals surface area contributed by atoms with Crippen LogP contribution in [0.2, 0.25) is 0 Å². The second kappa shape index (κ2) is 7.25. The summed E-state index contributed by atoms with van der Waals surface area (Å²) in [6, 6.07) is 6.23. The number of carbonyl (C=O) groups excluding carboxylic acids is 1. The third-order valence-corrected chi connectivity index (χ3v) is 4.44. The zero-order chi connectivity index (χ0) is 16.3. The van der Waals surface area contributed by atoms with Crippen LogP contribution in [0.25, 0.3) is 0 Å². The third-order valence-electron chi connectivity index (χ3n) is 4.44. The van der Waals surface area contributed by atoms with E-state index >= 15 is 0 Å². The van der Waals surface area contributed by atoms with Crippen LogP contribution < -0.4 is 0 Å². The minimum Gasteiger partial charge on any atom is -0.387 e. The van der Waals surface area contributed by atoms with Gasteiger partial charge in [0.05, 0.1) is 6.10 Å². The van der Waals surface area contributed by atoms with Gasteiger partial charge in [0, 0.05) is 26.6 Å². The molecule has 1 aliphatic heterocycles. The van der Waals surface area contributed by atoms with Crippen LogP contribution in [0.5, 0.6) is 0 Å². The largest absolute Gasteiger partial charge is 0.387 e. The van der Waals surface area contributed by atoms with Gasteiger partial charge in [0.25, 0.3) is 0 Å². The molecule has 0 aliphatic carbocycles. The molecule has 1 heterocycles. The molecule has 1 aliphatic rings. The minimum absolute atomic E-state index is 0.143. The van der Waals surface area contributed by atoms with Crippen LogP contribution in [-0.4, -0.2) is 54.5 Å². The average Bonchev–Trinajstić information content (AvgIpc) is 2.46. The van der Waals surface area contributed by atoms with Gasteiger partial charge in [0.1, 0.15) is 0 Å². The van der Waals surface area contributed by atoms with E-state index in [4.69, 9.17) is 0 Å². The second-order valence-electron chi connectivity index (χ2n) is 6.74. The van der Waals surface area contributed by atoms with E-state index < -0.39 is 6.10 Å². The molecular formula is C18H28N2O2. The molecule has 0 spiro atoms. The molecule has 0 saturated carbocycles. The lowest BCUT2D eigenvalue weighted by molar-refractivity contribution is -0.134. The molecule has 1 saturated heterocycles. The molecular weight excluding hydrogens is 276 g/mol. The van der Waals surface area contributed by atoms with E-state index in [0.717, 1.165) is 31.5 Å². The number of rotatable bonds is 4. The lowest BCUT2D eigenvalue weighted by atomic mass is 9.94. The molecule has 1 fully saturated rings. The minimum atomic E-state index is -0.459. The van der Waals surface area contributed by atoms with Gasteiger partial charge in [0.2, 0.25) is 5.91 Å². The standard InChI is InChI=1S/C18H28N2O2/c1-13-9-14(2)11-16(10-13)17(21)12-20-7-5-15(6-8-20)18(22)19(3)4/h9-11,15,17,21H,5-8,12H2,1-4H3. The molecule has 1 unspecified atom stereocenters. The zero-order valence-corrected chi connectivity index (χ0v) is 14.2. The van der Waals surface area contributed by atoms with Gasteiger partial charge >= 0.3 is 0 Å². The van der Waals surface area contributed by atoms with Gasteiger partial charge in [-0.3, -0.25) is 4.79 Å². The van der Waals surface area contributed by atoms with Gasteiger partial charge in [0.15, 0.2) is 0 Å². The van der Waals surface area contributed by atoms with Crippen molar-refractivity contribution in [1.82, 2.24) is 9.80 Å². The summed E-state index contributed by atoms with van der Waals surface area (Å²) in [4.78, 5) is 15.9. The summed E-state index contributed by atoms with van der Waals surface area (Å²) in [6.45, 7) is 6.52. The van der Waals surface area contributed by atoms with Crippen molar-refractivity contribution in [3.8, 4) is 0 Å². The van der Waals surface area contributed by atoms with E-state index in [9.17, 15) is 9.90 Å². The number of benzene rings is 1. The molecule has 1 N–H and O–H groups in total. The number of nitrogens with zero attached hydrogens (tertiary/aromatic N) is 2. The number of aliphatic hydroxyl groups is 1. The summed E-state index contributed by atoms with van der Waals surface area (Å²) in [5.41, 5.74) is 3.36. The van der Waals surface area contributed by atoms with Crippen molar-refractivity contribution in [2.45, 2.75) is 32.8 Å². The van der Waals surface area contributed by atoms with E-state index in [1.165, 1.54) is 11.1 Å². The Morgan fingerprint density at radius 3 is 2.27 bits per heavy atom. The fourth-order valence-electron chi connectivity index (χ4n) is 3.28. The van der Waals surface area contributed by atoms with Gasteiger partial charge in [-0.25, -0.2) is 0 Å². The molecule has 0 aromatic heterocycles. The second-order valence-corrected chi connectivity index (χ2v) is 6.74. The van der Waals surface area contributed by atoms with Crippen LogP contribution >= 0.6 is 0 Å². The van der Waals surface area contributed by atoms with E-state index in [0.29, 0.717) is 6.54 Å². The van der Waals surface area contributed by atoms with Gasteiger partial charge < -0.3 is 14.9 Å². The van der Waals surface area contributed by atoms with Crippen molar-refractivity contribution in [1.29, 1.82) is 0 Å². The summed E-state index contributed by atoms with van der Waals surface area (Å²) < 4.78 is 0. The number of β-amino-alcohol motifs (C(OH)–C–C–N with tert-alkyl or cyclic N) is 1. The molecule has 1 atom stereocenters. The van der Waals surface area contributed by atoms with Crippen molar-refractivity contribution in [3.05, 3.63) is 34.9 Å². The molecule has 4 heteroatoms. The smallest absolute Gasteiger partial charge is 0.225 e. The first-order valence-corrected chi connectivity index (χ1v) is 8.06. The van der Waals surface area contributed by atoms with Crippen molar-refractivity contribution < 1.29 is 9.90 Å². The van der Waals surface area contributed by atoms with Crippen LogP contribution in [0, 0.1) is 19.8 Å². The van der Waals surface area contributed by atoms with Crippen molar-refractivity contribution in [3.63, 3.8) is 0 Å². The van der Waals surface area contributed by atoms with Crippen molar-refractivity contribution in [2.24, 2.45) is 5.92 Å². The third kappa shape index (κ3) is 4.31. The molecule has 4 nitrogen and oxygen atoms in total. The number of aliphatic hydroxyl groups excluding tert-OH is 1. The Morgan fingerprint density at radius 1 is 1.23 bits per heavy atom. The van der Waals surface area contributed by atoms with Crippen LogP contribution in [0.1, 0.15) is 35.6 Å². The lowest BCUT2D eigenvalue weighted by Gasteiger charge is -2.33. The first kappa shape index (κ1) is 17.0. The van der Waals surface area contributed by atoms with Crippen LogP contribution in [0.15, 0.2) is 18.2 Å². The lowest BCUT2D eigenvalue weighted by Crippen LogP contribution is -2.41.